The predicted octanol–water partition coefficient (Wildman–Crippen LogP) is 2.69. The van der Waals surface area contributed by atoms with Gasteiger partial charge in [0.25, 0.3) is 11.8 Å². The minimum absolute atomic E-state index is 0. The van der Waals surface area contributed by atoms with Gasteiger partial charge < -0.3 is 20.3 Å². The molecule has 3 rings (SSSR count). The van der Waals surface area contributed by atoms with Crippen LogP contribution in [0.5, 0.6) is 0 Å². The van der Waals surface area contributed by atoms with Crippen LogP contribution < -0.4 is 10.6 Å². The van der Waals surface area contributed by atoms with E-state index in [4.69, 9.17) is 4.74 Å². The van der Waals surface area contributed by atoms with Gasteiger partial charge in [-0.2, -0.15) is 0 Å². The van der Waals surface area contributed by atoms with Gasteiger partial charge in [-0.15, -0.1) is 12.4 Å². The Kier molecular flexibility index (Phi) is 7.65. The number of rotatable bonds is 4. The van der Waals surface area contributed by atoms with Crippen LogP contribution >= 0.6 is 12.4 Å². The lowest BCUT2D eigenvalue weighted by molar-refractivity contribution is -0.140. The lowest BCUT2D eigenvalue weighted by Gasteiger charge is -2.34. The van der Waals surface area contributed by atoms with Crippen LogP contribution in [0.4, 0.5) is 5.69 Å². The van der Waals surface area contributed by atoms with Crippen LogP contribution in [0.3, 0.4) is 0 Å². The summed E-state index contributed by atoms with van der Waals surface area (Å²) in [6, 6.07) is 7.17. The molecule has 0 unspecified atom stereocenters. The third-order valence-corrected chi connectivity index (χ3v) is 5.68. The Morgan fingerprint density at radius 2 is 1.74 bits per heavy atom. The summed E-state index contributed by atoms with van der Waals surface area (Å²) in [7, 11) is 1.59. The first-order chi connectivity index (χ1) is 12.5. The minimum atomic E-state index is -0.774. The summed E-state index contributed by atoms with van der Waals surface area (Å²) in [5, 5.41) is 6.18. The van der Waals surface area contributed by atoms with Crippen molar-refractivity contribution in [3.8, 4) is 0 Å². The topological polar surface area (TPSA) is 70.7 Å². The summed E-state index contributed by atoms with van der Waals surface area (Å²) in [5.74, 6) is 0.645. The molecule has 2 N–H and O–H groups in total. The number of methoxy groups -OCH3 is 1. The third kappa shape index (κ3) is 5.00. The summed E-state index contributed by atoms with van der Waals surface area (Å²) in [6.45, 7) is 5.41. The molecular weight excluding hydrogens is 366 g/mol. The molecule has 27 heavy (non-hydrogen) atoms. The maximum atomic E-state index is 12.7. The van der Waals surface area contributed by atoms with Gasteiger partial charge in [0, 0.05) is 31.5 Å². The van der Waals surface area contributed by atoms with Crippen molar-refractivity contribution in [2.75, 3.05) is 38.6 Å². The quantitative estimate of drug-likeness (QED) is 0.822. The number of hydrogen-bond donors (Lipinski definition) is 2. The van der Waals surface area contributed by atoms with Crippen molar-refractivity contribution in [3.05, 3.63) is 29.8 Å². The molecule has 1 aromatic rings. The molecule has 150 valence electrons. The predicted molar refractivity (Wildman–Crippen MR) is 108 cm³/mol. The highest BCUT2D eigenvalue weighted by Gasteiger charge is 2.39. The van der Waals surface area contributed by atoms with E-state index in [0.29, 0.717) is 30.0 Å². The fourth-order valence-corrected chi connectivity index (χ4v) is 3.69. The fourth-order valence-electron chi connectivity index (χ4n) is 3.69. The number of benzene rings is 1. The van der Waals surface area contributed by atoms with E-state index in [1.165, 1.54) is 0 Å². The largest absolute Gasteiger partial charge is 0.368 e. The second-order valence-electron chi connectivity index (χ2n) is 7.45. The van der Waals surface area contributed by atoms with E-state index >= 15 is 0 Å². The summed E-state index contributed by atoms with van der Waals surface area (Å²) in [5.41, 5.74) is 0.583. The molecule has 0 radical (unpaired) electrons. The van der Waals surface area contributed by atoms with E-state index in [2.05, 4.69) is 17.6 Å². The summed E-state index contributed by atoms with van der Waals surface area (Å²) >= 11 is 0. The zero-order valence-corrected chi connectivity index (χ0v) is 16.9. The van der Waals surface area contributed by atoms with E-state index in [1.54, 1.807) is 31.4 Å². The maximum absolute atomic E-state index is 12.7. The van der Waals surface area contributed by atoms with E-state index < -0.39 is 5.60 Å². The van der Waals surface area contributed by atoms with Crippen LogP contribution in [0.25, 0.3) is 0 Å². The van der Waals surface area contributed by atoms with Crippen LogP contribution in [0, 0.1) is 5.92 Å². The molecule has 6 nitrogen and oxygen atoms in total. The van der Waals surface area contributed by atoms with Gasteiger partial charge in [0.15, 0.2) is 0 Å². The zero-order valence-electron chi connectivity index (χ0n) is 16.1. The number of amides is 2. The Bertz CT molecular complexity index is 636. The van der Waals surface area contributed by atoms with Gasteiger partial charge in [-0.1, -0.05) is 6.92 Å². The lowest BCUT2D eigenvalue weighted by Crippen LogP contribution is -2.51. The SMILES string of the molecule is COC1(C(=O)Nc2ccc(C(=O)N3CCC(C)CC3)cc2)CCNCC1.Cl. The number of carbonyl (C=O) groups excluding carboxylic acids is 2. The van der Waals surface area contributed by atoms with Gasteiger partial charge in [-0.3, -0.25) is 9.59 Å². The van der Waals surface area contributed by atoms with E-state index in [0.717, 1.165) is 39.0 Å². The van der Waals surface area contributed by atoms with Crippen molar-refractivity contribution in [3.63, 3.8) is 0 Å². The second kappa shape index (κ2) is 9.53. The number of nitrogens with one attached hydrogen (secondary N) is 2. The molecule has 2 saturated heterocycles. The first-order valence-corrected chi connectivity index (χ1v) is 9.51. The van der Waals surface area contributed by atoms with Crippen molar-refractivity contribution >= 4 is 29.9 Å². The number of piperidine rings is 2. The van der Waals surface area contributed by atoms with Gasteiger partial charge in [-0.25, -0.2) is 0 Å². The number of hydrogen-bond acceptors (Lipinski definition) is 4. The molecule has 0 aliphatic carbocycles. The second-order valence-corrected chi connectivity index (χ2v) is 7.45. The number of ether oxygens (including phenoxy) is 1. The smallest absolute Gasteiger partial charge is 0.256 e. The first-order valence-electron chi connectivity index (χ1n) is 9.51. The Labute approximate surface area is 167 Å². The van der Waals surface area contributed by atoms with Gasteiger partial charge in [0.1, 0.15) is 5.60 Å². The number of halogens is 1. The summed E-state index contributed by atoms with van der Waals surface area (Å²) in [6.07, 6.45) is 3.43. The molecule has 2 heterocycles. The number of anilines is 1. The molecule has 0 atom stereocenters. The maximum Gasteiger partial charge on any atom is 0.256 e. The third-order valence-electron chi connectivity index (χ3n) is 5.68. The van der Waals surface area contributed by atoms with Crippen molar-refractivity contribution in [2.45, 2.75) is 38.2 Å². The van der Waals surface area contributed by atoms with Gasteiger partial charge in [0.05, 0.1) is 0 Å². The van der Waals surface area contributed by atoms with Crippen molar-refractivity contribution in [1.82, 2.24) is 10.2 Å². The lowest BCUT2D eigenvalue weighted by atomic mass is 9.91. The first kappa shape index (κ1) is 21.7. The molecule has 2 aliphatic rings. The average molecular weight is 396 g/mol. The van der Waals surface area contributed by atoms with Gasteiger partial charge >= 0.3 is 0 Å². The molecular formula is C20H30ClN3O3. The van der Waals surface area contributed by atoms with Crippen LogP contribution in [-0.4, -0.2) is 55.6 Å². The van der Waals surface area contributed by atoms with Crippen molar-refractivity contribution < 1.29 is 14.3 Å². The number of carbonyl (C=O) groups is 2. The van der Waals surface area contributed by atoms with Crippen molar-refractivity contribution in [2.24, 2.45) is 5.92 Å². The van der Waals surface area contributed by atoms with Crippen LogP contribution in [0.15, 0.2) is 24.3 Å². The van der Waals surface area contributed by atoms with Crippen molar-refractivity contribution in [1.29, 1.82) is 0 Å². The molecule has 2 amide bonds. The van der Waals surface area contributed by atoms with E-state index in [-0.39, 0.29) is 24.2 Å². The Morgan fingerprint density at radius 1 is 1.15 bits per heavy atom. The molecule has 0 spiro atoms. The summed E-state index contributed by atoms with van der Waals surface area (Å²) in [4.78, 5) is 27.2. The Hall–Kier alpha value is -1.63. The molecule has 0 saturated carbocycles. The molecule has 1 aromatic carbocycles. The average Bonchev–Trinajstić information content (AvgIpc) is 2.69. The van der Waals surface area contributed by atoms with E-state index in [1.807, 2.05) is 4.90 Å². The molecule has 2 aliphatic heterocycles. The Morgan fingerprint density at radius 3 is 2.30 bits per heavy atom. The standard InChI is InChI=1S/C20H29N3O3.ClH/c1-15-7-13-23(14-8-15)18(24)16-3-5-17(6-4-16)22-19(25)20(26-2)9-11-21-12-10-20;/h3-6,15,21H,7-14H2,1-2H3,(H,22,25);1H. The minimum Gasteiger partial charge on any atom is -0.368 e. The monoisotopic (exact) mass is 395 g/mol. The molecule has 7 heteroatoms. The number of nitrogens with zero attached hydrogens (tertiary/aromatic N) is 1. The van der Waals surface area contributed by atoms with Crippen LogP contribution in [-0.2, 0) is 9.53 Å². The molecule has 2 fully saturated rings. The Balaban J connectivity index is 0.00000261. The zero-order chi connectivity index (χ0) is 18.6. The van der Waals surface area contributed by atoms with Crippen LogP contribution in [0.2, 0.25) is 0 Å². The number of likely N-dealkylation sites (tertiary alicyclic amines) is 1. The fraction of sp³-hybridized carbons (Fsp3) is 0.600. The highest BCUT2D eigenvalue weighted by molar-refractivity contribution is 5.98. The highest BCUT2D eigenvalue weighted by atomic mass is 35.5. The summed E-state index contributed by atoms with van der Waals surface area (Å²) < 4.78 is 5.55. The van der Waals surface area contributed by atoms with Gasteiger partial charge in [0.2, 0.25) is 0 Å². The van der Waals surface area contributed by atoms with Crippen LogP contribution in [0.1, 0.15) is 43.0 Å². The van der Waals surface area contributed by atoms with E-state index in [9.17, 15) is 9.59 Å². The highest BCUT2D eigenvalue weighted by Crippen LogP contribution is 2.25. The molecule has 0 aromatic heterocycles. The normalized spacial score (nSPS) is 19.9. The molecule has 0 bridgehead atoms. The van der Waals surface area contributed by atoms with Gasteiger partial charge in [-0.05, 0) is 69.0 Å².